The predicted molar refractivity (Wildman–Crippen MR) is 116 cm³/mol. The molecule has 2 aromatic rings. The lowest BCUT2D eigenvalue weighted by Crippen LogP contribution is -2.19. The maximum Gasteiger partial charge on any atom is 0.312 e. The largest absolute Gasteiger partial charge is 0.493 e. The van der Waals surface area contributed by atoms with Gasteiger partial charge in [0.15, 0.2) is 28.2 Å². The van der Waals surface area contributed by atoms with E-state index >= 15 is 0 Å². The molecule has 0 saturated carbocycles. The average Bonchev–Trinajstić information content (AvgIpc) is 3.21. The first-order valence-corrected chi connectivity index (χ1v) is 13.8. The Labute approximate surface area is 191 Å². The summed E-state index contributed by atoms with van der Waals surface area (Å²) in [5.41, 5.74) is 1.47. The standard InChI is InChI=1S/C22H25F5O4S2/c1-4-5-8-30-21-13(2)11-15(12-14(21)3)32(9-6-7-10-32)31-33(28,29)22-19(26)17(24)16(23)18(25)20(22)27/h11-12H,4-10H2,1-3H3. The number of benzene rings is 2. The Morgan fingerprint density at radius 2 is 1.36 bits per heavy atom. The predicted octanol–water partition coefficient (Wildman–Crippen LogP) is 6.46. The fourth-order valence-corrected chi connectivity index (χ4v) is 9.72. The van der Waals surface area contributed by atoms with Gasteiger partial charge in [-0.1, -0.05) is 23.7 Å². The molecule has 0 aromatic heterocycles. The van der Waals surface area contributed by atoms with Gasteiger partial charge in [-0.3, -0.25) is 0 Å². The van der Waals surface area contributed by atoms with Crippen molar-refractivity contribution < 1.29 is 38.7 Å². The number of ether oxygens (including phenoxy) is 1. The van der Waals surface area contributed by atoms with Gasteiger partial charge in [0, 0.05) is 16.4 Å². The van der Waals surface area contributed by atoms with Gasteiger partial charge < -0.3 is 4.74 Å². The Balaban J connectivity index is 2.06. The van der Waals surface area contributed by atoms with Gasteiger partial charge in [-0.05, 0) is 56.4 Å². The molecule has 0 radical (unpaired) electrons. The topological polar surface area (TPSA) is 52.6 Å². The van der Waals surface area contributed by atoms with Crippen molar-refractivity contribution in [1.29, 1.82) is 0 Å². The van der Waals surface area contributed by atoms with E-state index in [0.717, 1.165) is 24.0 Å². The molecule has 0 atom stereocenters. The van der Waals surface area contributed by atoms with Gasteiger partial charge in [0.25, 0.3) is 0 Å². The van der Waals surface area contributed by atoms with Crippen molar-refractivity contribution in [1.82, 2.24) is 0 Å². The normalized spacial score (nSPS) is 16.7. The number of halogens is 5. The van der Waals surface area contributed by atoms with E-state index in [1.807, 2.05) is 6.92 Å². The minimum Gasteiger partial charge on any atom is -0.493 e. The molecular formula is C22H25F5O4S2. The SMILES string of the molecule is CCCCOc1c(C)cc(S2(OS(=O)(=O)c3c(F)c(F)c(F)c(F)c3F)CCCC2)cc1C. The van der Waals surface area contributed by atoms with Crippen molar-refractivity contribution in [3.63, 3.8) is 0 Å². The van der Waals surface area contributed by atoms with Gasteiger partial charge in [0.2, 0.25) is 5.82 Å². The van der Waals surface area contributed by atoms with Crippen LogP contribution in [0.1, 0.15) is 43.7 Å². The molecule has 1 heterocycles. The van der Waals surface area contributed by atoms with Crippen molar-refractivity contribution in [2.24, 2.45) is 0 Å². The van der Waals surface area contributed by atoms with Crippen LogP contribution in [-0.4, -0.2) is 26.5 Å². The summed E-state index contributed by atoms with van der Waals surface area (Å²) in [5, 5.41) is 0. The van der Waals surface area contributed by atoms with Crippen LogP contribution < -0.4 is 4.74 Å². The minimum atomic E-state index is -5.32. The van der Waals surface area contributed by atoms with Gasteiger partial charge in [0.05, 0.1) is 6.61 Å². The number of hydrogen-bond acceptors (Lipinski definition) is 4. The molecule has 0 bridgehead atoms. The highest BCUT2D eigenvalue weighted by Crippen LogP contribution is 2.63. The molecule has 184 valence electrons. The van der Waals surface area contributed by atoms with Crippen LogP contribution in [0.2, 0.25) is 0 Å². The summed E-state index contributed by atoms with van der Waals surface area (Å²) >= 11 is 0. The Bertz CT molecular complexity index is 1110. The third-order valence-electron chi connectivity index (χ3n) is 5.45. The minimum absolute atomic E-state index is 0.274. The van der Waals surface area contributed by atoms with Crippen molar-refractivity contribution >= 4 is 20.4 Å². The fraction of sp³-hybridized carbons (Fsp3) is 0.455. The molecule has 1 aliphatic heterocycles. The smallest absolute Gasteiger partial charge is 0.312 e. The summed E-state index contributed by atoms with van der Waals surface area (Å²) in [6, 6.07) is 3.42. The molecule has 11 heteroatoms. The molecule has 2 aromatic carbocycles. The molecular weight excluding hydrogens is 487 g/mol. The highest BCUT2D eigenvalue weighted by Gasteiger charge is 2.42. The van der Waals surface area contributed by atoms with E-state index in [9.17, 15) is 30.4 Å². The number of hydrogen-bond donors (Lipinski definition) is 0. The number of unbranched alkanes of at least 4 members (excludes halogenated alkanes) is 1. The quantitative estimate of drug-likeness (QED) is 0.176. The molecule has 1 aliphatic rings. The van der Waals surface area contributed by atoms with Crippen LogP contribution in [0, 0.1) is 42.9 Å². The summed E-state index contributed by atoms with van der Waals surface area (Å²) in [6.45, 7) is 6.12. The van der Waals surface area contributed by atoms with Crippen LogP contribution in [-0.2, 0) is 13.7 Å². The number of rotatable bonds is 8. The van der Waals surface area contributed by atoms with Crippen molar-refractivity contribution in [3.8, 4) is 5.75 Å². The second-order valence-electron chi connectivity index (χ2n) is 7.94. The van der Waals surface area contributed by atoms with Crippen LogP contribution in [0.25, 0.3) is 0 Å². The summed E-state index contributed by atoms with van der Waals surface area (Å²) in [5.74, 6) is -10.8. The van der Waals surface area contributed by atoms with Crippen LogP contribution in [0.4, 0.5) is 22.0 Å². The second kappa shape index (κ2) is 9.79. The maximum atomic E-state index is 14.2. The van der Waals surface area contributed by atoms with Crippen LogP contribution in [0.15, 0.2) is 21.9 Å². The van der Waals surface area contributed by atoms with Gasteiger partial charge in [-0.2, -0.15) is 8.42 Å². The lowest BCUT2D eigenvalue weighted by atomic mass is 10.1. The van der Waals surface area contributed by atoms with Crippen molar-refractivity contribution in [2.75, 3.05) is 18.1 Å². The van der Waals surface area contributed by atoms with Crippen molar-refractivity contribution in [3.05, 3.63) is 52.3 Å². The van der Waals surface area contributed by atoms with Gasteiger partial charge >= 0.3 is 10.1 Å². The summed E-state index contributed by atoms with van der Waals surface area (Å²) in [4.78, 5) is -1.45. The van der Waals surface area contributed by atoms with E-state index in [1.165, 1.54) is 0 Å². The summed E-state index contributed by atoms with van der Waals surface area (Å²) in [7, 11) is -7.94. The lowest BCUT2D eigenvalue weighted by Gasteiger charge is -2.35. The Morgan fingerprint density at radius 1 is 0.879 bits per heavy atom. The van der Waals surface area contributed by atoms with Gasteiger partial charge in [0.1, 0.15) is 5.75 Å². The molecule has 0 unspecified atom stereocenters. The first-order valence-electron chi connectivity index (χ1n) is 10.5. The van der Waals surface area contributed by atoms with E-state index in [0.29, 0.717) is 30.1 Å². The average molecular weight is 513 g/mol. The van der Waals surface area contributed by atoms with Crippen molar-refractivity contribution in [2.45, 2.75) is 56.2 Å². The van der Waals surface area contributed by atoms with Gasteiger partial charge in [-0.15, -0.1) is 0 Å². The van der Waals surface area contributed by atoms with E-state index in [-0.39, 0.29) is 11.5 Å². The molecule has 1 fully saturated rings. The van der Waals surface area contributed by atoms with Crippen LogP contribution in [0.3, 0.4) is 0 Å². The van der Waals surface area contributed by atoms with E-state index in [1.54, 1.807) is 26.0 Å². The molecule has 1 saturated heterocycles. The highest BCUT2D eigenvalue weighted by molar-refractivity contribution is 8.33. The van der Waals surface area contributed by atoms with Crippen LogP contribution in [0.5, 0.6) is 5.75 Å². The maximum absolute atomic E-state index is 14.2. The third-order valence-corrected chi connectivity index (χ3v) is 11.1. The third kappa shape index (κ3) is 4.85. The zero-order valence-electron chi connectivity index (χ0n) is 18.4. The van der Waals surface area contributed by atoms with Crippen LogP contribution >= 0.6 is 10.3 Å². The second-order valence-corrected chi connectivity index (χ2v) is 12.7. The van der Waals surface area contributed by atoms with Gasteiger partial charge in [-0.25, -0.2) is 25.6 Å². The zero-order valence-corrected chi connectivity index (χ0v) is 20.1. The molecule has 0 N–H and O–H groups in total. The highest BCUT2D eigenvalue weighted by atomic mass is 32.3. The zero-order chi connectivity index (χ0) is 24.6. The molecule has 4 nitrogen and oxygen atoms in total. The molecule has 3 rings (SSSR count). The van der Waals surface area contributed by atoms with E-state index < -0.39 is 54.4 Å². The first-order chi connectivity index (χ1) is 15.4. The Kier molecular flexibility index (Phi) is 7.65. The van der Waals surface area contributed by atoms with E-state index in [2.05, 4.69) is 0 Å². The monoisotopic (exact) mass is 512 g/mol. The fourth-order valence-electron chi connectivity index (χ4n) is 3.80. The first kappa shape index (κ1) is 25.8. The molecule has 0 spiro atoms. The lowest BCUT2D eigenvalue weighted by molar-refractivity contribution is 0.305. The number of aryl methyl sites for hydroxylation is 2. The molecule has 0 amide bonds. The molecule has 33 heavy (non-hydrogen) atoms. The Morgan fingerprint density at radius 3 is 1.85 bits per heavy atom. The summed E-state index contributed by atoms with van der Waals surface area (Å²) < 4.78 is 106. The van der Waals surface area contributed by atoms with E-state index in [4.69, 9.17) is 8.37 Å². The Hall–Kier alpha value is -1.85. The molecule has 0 aliphatic carbocycles. The summed E-state index contributed by atoms with van der Waals surface area (Å²) in [6.07, 6.45) is 3.00.